The topological polar surface area (TPSA) is 84.5 Å². The number of nitrogens with one attached hydrogen (secondary N) is 2. The van der Waals surface area contributed by atoms with E-state index >= 15 is 0 Å². The lowest BCUT2D eigenvalue weighted by atomic mass is 10.3. The number of hydrogen-bond donors (Lipinski definition) is 2. The minimum absolute atomic E-state index is 0.0364. The summed E-state index contributed by atoms with van der Waals surface area (Å²) in [6.45, 7) is 3.79. The minimum Gasteiger partial charge on any atom is -0.465 e. The molecule has 0 aliphatic rings. The molecule has 22 heavy (non-hydrogen) atoms. The van der Waals surface area contributed by atoms with Gasteiger partial charge in [0.05, 0.1) is 6.26 Å². The van der Waals surface area contributed by atoms with E-state index in [0.717, 1.165) is 0 Å². The van der Waals surface area contributed by atoms with Crippen molar-refractivity contribution in [3.8, 4) is 0 Å². The normalized spacial score (nSPS) is 11.0. The van der Waals surface area contributed by atoms with Crippen molar-refractivity contribution in [3.05, 3.63) is 65.1 Å². The molecular formula is C15H13BrN2O4. The van der Waals surface area contributed by atoms with Crippen LogP contribution in [0.4, 0.5) is 0 Å². The third-order valence-corrected chi connectivity index (χ3v) is 2.95. The molecule has 0 unspecified atom stereocenters. The van der Waals surface area contributed by atoms with Gasteiger partial charge in [-0.3, -0.25) is 9.59 Å². The van der Waals surface area contributed by atoms with Crippen molar-refractivity contribution >= 4 is 33.8 Å². The van der Waals surface area contributed by atoms with Gasteiger partial charge in [0, 0.05) is 12.6 Å². The summed E-state index contributed by atoms with van der Waals surface area (Å²) < 4.78 is 10.7. The van der Waals surface area contributed by atoms with E-state index in [-0.39, 0.29) is 18.0 Å². The molecular weight excluding hydrogens is 352 g/mol. The molecule has 0 saturated carbocycles. The lowest BCUT2D eigenvalue weighted by molar-refractivity contribution is -0.117. The lowest BCUT2D eigenvalue weighted by Gasteiger charge is -2.08. The zero-order chi connectivity index (χ0) is 15.9. The molecule has 0 spiro atoms. The van der Waals surface area contributed by atoms with Crippen LogP contribution in [-0.2, 0) is 4.79 Å². The van der Waals surface area contributed by atoms with Gasteiger partial charge >= 0.3 is 0 Å². The Morgan fingerprint density at radius 3 is 2.73 bits per heavy atom. The molecule has 0 saturated heterocycles. The van der Waals surface area contributed by atoms with Crippen LogP contribution < -0.4 is 10.6 Å². The Morgan fingerprint density at radius 1 is 1.32 bits per heavy atom. The minimum atomic E-state index is -0.544. The summed E-state index contributed by atoms with van der Waals surface area (Å²) in [7, 11) is 0. The summed E-state index contributed by atoms with van der Waals surface area (Å²) in [6, 6.07) is 6.42. The summed E-state index contributed by atoms with van der Waals surface area (Å²) in [6.07, 6.45) is 4.43. The summed E-state index contributed by atoms with van der Waals surface area (Å²) in [5, 5.41) is 5.08. The van der Waals surface area contributed by atoms with E-state index in [0.29, 0.717) is 10.4 Å². The predicted octanol–water partition coefficient (Wildman–Crippen LogP) is 2.71. The molecule has 0 aromatic carbocycles. The van der Waals surface area contributed by atoms with E-state index in [1.54, 1.807) is 18.2 Å². The maximum absolute atomic E-state index is 12.1. The third kappa shape index (κ3) is 4.23. The van der Waals surface area contributed by atoms with Crippen molar-refractivity contribution in [1.82, 2.24) is 10.6 Å². The second kappa shape index (κ2) is 7.46. The Labute approximate surface area is 135 Å². The molecule has 2 rings (SSSR count). The summed E-state index contributed by atoms with van der Waals surface area (Å²) in [5.41, 5.74) is 0.0364. The standard InChI is InChI=1S/C15H13BrN2O4/c1-2-7-17-14(19)11(9-10-4-3-8-21-10)18-15(20)12-5-6-13(16)22-12/h2-6,8-9H,1,7H2,(H,17,19)(H,18,20). The molecule has 0 fully saturated rings. The highest BCUT2D eigenvalue weighted by Crippen LogP contribution is 2.14. The second-order valence-electron chi connectivity index (χ2n) is 4.13. The van der Waals surface area contributed by atoms with Crippen LogP contribution in [0, 0.1) is 0 Å². The smallest absolute Gasteiger partial charge is 0.291 e. The molecule has 7 heteroatoms. The van der Waals surface area contributed by atoms with Crippen molar-refractivity contribution in [3.63, 3.8) is 0 Å². The zero-order valence-electron chi connectivity index (χ0n) is 11.5. The predicted molar refractivity (Wildman–Crippen MR) is 83.8 cm³/mol. The molecule has 0 bridgehead atoms. The number of carbonyl (C=O) groups excluding carboxylic acids is 2. The molecule has 6 nitrogen and oxygen atoms in total. The third-order valence-electron chi connectivity index (χ3n) is 2.53. The van der Waals surface area contributed by atoms with Crippen molar-refractivity contribution in [2.45, 2.75) is 0 Å². The van der Waals surface area contributed by atoms with E-state index in [9.17, 15) is 9.59 Å². The maximum Gasteiger partial charge on any atom is 0.291 e. The van der Waals surface area contributed by atoms with Crippen LogP contribution in [0.3, 0.4) is 0 Å². The maximum atomic E-state index is 12.1. The molecule has 0 radical (unpaired) electrons. The molecule has 2 amide bonds. The summed E-state index contributed by atoms with van der Waals surface area (Å²) in [4.78, 5) is 24.2. The Balaban J connectivity index is 2.18. The van der Waals surface area contributed by atoms with Gasteiger partial charge in [-0.25, -0.2) is 0 Å². The van der Waals surface area contributed by atoms with Gasteiger partial charge in [-0.05, 0) is 40.2 Å². The number of hydrogen-bond acceptors (Lipinski definition) is 4. The van der Waals surface area contributed by atoms with E-state index in [2.05, 4.69) is 33.1 Å². The van der Waals surface area contributed by atoms with Gasteiger partial charge in [-0.2, -0.15) is 0 Å². The van der Waals surface area contributed by atoms with Crippen LogP contribution in [0.1, 0.15) is 16.3 Å². The van der Waals surface area contributed by atoms with Crippen LogP contribution >= 0.6 is 15.9 Å². The molecule has 2 heterocycles. The van der Waals surface area contributed by atoms with Crippen molar-refractivity contribution < 1.29 is 18.4 Å². The monoisotopic (exact) mass is 364 g/mol. The quantitative estimate of drug-likeness (QED) is 0.609. The summed E-state index contributed by atoms with van der Waals surface area (Å²) in [5.74, 6) is -0.494. The first kappa shape index (κ1) is 15.8. The largest absolute Gasteiger partial charge is 0.465 e. The highest BCUT2D eigenvalue weighted by Gasteiger charge is 2.17. The summed E-state index contributed by atoms with van der Waals surface area (Å²) >= 11 is 3.11. The Bertz CT molecular complexity index is 701. The Kier molecular flexibility index (Phi) is 5.37. The highest BCUT2D eigenvalue weighted by molar-refractivity contribution is 9.10. The van der Waals surface area contributed by atoms with Crippen LogP contribution in [-0.4, -0.2) is 18.4 Å². The van der Waals surface area contributed by atoms with Gasteiger partial charge in [0.25, 0.3) is 11.8 Å². The number of carbonyl (C=O) groups is 2. The zero-order valence-corrected chi connectivity index (χ0v) is 13.1. The van der Waals surface area contributed by atoms with Gasteiger partial charge in [-0.1, -0.05) is 6.08 Å². The molecule has 2 aromatic rings. The number of halogens is 1. The van der Waals surface area contributed by atoms with Gasteiger partial charge in [0.2, 0.25) is 0 Å². The van der Waals surface area contributed by atoms with Gasteiger partial charge in [0.1, 0.15) is 11.5 Å². The molecule has 2 aromatic heterocycles. The van der Waals surface area contributed by atoms with Crippen molar-refractivity contribution in [1.29, 1.82) is 0 Å². The average Bonchev–Trinajstić information content (AvgIpc) is 3.15. The first-order valence-corrected chi connectivity index (χ1v) is 7.10. The van der Waals surface area contributed by atoms with Crippen LogP contribution in [0.15, 0.2) is 62.4 Å². The first-order chi connectivity index (χ1) is 10.6. The lowest BCUT2D eigenvalue weighted by Crippen LogP contribution is -2.34. The van der Waals surface area contributed by atoms with E-state index in [1.807, 2.05) is 0 Å². The fourth-order valence-corrected chi connectivity index (χ4v) is 1.86. The van der Waals surface area contributed by atoms with Gasteiger partial charge < -0.3 is 19.5 Å². The average molecular weight is 365 g/mol. The Hall–Kier alpha value is -2.54. The van der Waals surface area contributed by atoms with Crippen LogP contribution in [0.2, 0.25) is 0 Å². The molecule has 0 atom stereocenters. The van der Waals surface area contributed by atoms with E-state index < -0.39 is 11.8 Å². The van der Waals surface area contributed by atoms with E-state index in [1.165, 1.54) is 24.5 Å². The Morgan fingerprint density at radius 2 is 2.14 bits per heavy atom. The fraction of sp³-hybridized carbons (Fsp3) is 0.0667. The van der Waals surface area contributed by atoms with Crippen LogP contribution in [0.25, 0.3) is 6.08 Å². The molecule has 2 N–H and O–H groups in total. The van der Waals surface area contributed by atoms with Gasteiger partial charge in [0.15, 0.2) is 10.4 Å². The number of furan rings is 2. The highest BCUT2D eigenvalue weighted by atomic mass is 79.9. The van der Waals surface area contributed by atoms with E-state index in [4.69, 9.17) is 8.83 Å². The molecule has 0 aliphatic heterocycles. The number of amides is 2. The first-order valence-electron chi connectivity index (χ1n) is 6.31. The van der Waals surface area contributed by atoms with Crippen molar-refractivity contribution in [2.75, 3.05) is 6.54 Å². The SMILES string of the molecule is C=CCNC(=O)C(=Cc1ccco1)NC(=O)c1ccc(Br)o1. The molecule has 0 aliphatic carbocycles. The van der Waals surface area contributed by atoms with Crippen LogP contribution in [0.5, 0.6) is 0 Å². The number of rotatable bonds is 6. The fourth-order valence-electron chi connectivity index (χ4n) is 1.55. The van der Waals surface area contributed by atoms with Crippen molar-refractivity contribution in [2.24, 2.45) is 0 Å². The molecule has 114 valence electrons. The van der Waals surface area contributed by atoms with Gasteiger partial charge in [-0.15, -0.1) is 6.58 Å². The second-order valence-corrected chi connectivity index (χ2v) is 4.91.